The first-order valence-corrected chi connectivity index (χ1v) is 10.3. The standard InChI is InChI=1S/C18H21N5O2S2/c1-12(2)17(15-5-4-10-26-15)19-16(24)11-27-18-20-21-22-23(18)13-6-8-14(25-3)9-7-13/h4-10,12,17H,11H2,1-3H3,(H,19,24). The minimum Gasteiger partial charge on any atom is -0.497 e. The van der Waals surface area contributed by atoms with E-state index in [1.807, 2.05) is 41.8 Å². The summed E-state index contributed by atoms with van der Waals surface area (Å²) in [4.78, 5) is 13.6. The number of nitrogens with zero attached hydrogens (tertiary/aromatic N) is 4. The van der Waals surface area contributed by atoms with E-state index in [-0.39, 0.29) is 17.7 Å². The number of rotatable bonds is 8. The molecule has 7 nitrogen and oxygen atoms in total. The van der Waals surface area contributed by atoms with Gasteiger partial charge in [-0.25, -0.2) is 0 Å². The fraction of sp³-hybridized carbons (Fsp3) is 0.333. The van der Waals surface area contributed by atoms with Gasteiger partial charge in [-0.15, -0.1) is 16.4 Å². The normalized spacial score (nSPS) is 12.1. The molecule has 0 spiro atoms. The van der Waals surface area contributed by atoms with Gasteiger partial charge in [0.25, 0.3) is 0 Å². The number of ether oxygens (including phenoxy) is 1. The lowest BCUT2D eigenvalue weighted by atomic mass is 10.0. The fourth-order valence-corrected chi connectivity index (χ4v) is 4.19. The SMILES string of the molecule is COc1ccc(-n2nnnc2SCC(=O)NC(c2cccs2)C(C)C)cc1. The summed E-state index contributed by atoms with van der Waals surface area (Å²) in [6.45, 7) is 4.20. The molecular formula is C18H21N5O2S2. The highest BCUT2D eigenvalue weighted by atomic mass is 32.2. The zero-order valence-corrected chi connectivity index (χ0v) is 17.0. The molecule has 1 amide bonds. The van der Waals surface area contributed by atoms with Crippen molar-refractivity contribution in [1.29, 1.82) is 0 Å². The van der Waals surface area contributed by atoms with Crippen molar-refractivity contribution >= 4 is 29.0 Å². The average molecular weight is 404 g/mol. The lowest BCUT2D eigenvalue weighted by Gasteiger charge is -2.21. The number of nitrogens with one attached hydrogen (secondary N) is 1. The van der Waals surface area contributed by atoms with Crippen molar-refractivity contribution in [3.05, 3.63) is 46.7 Å². The summed E-state index contributed by atoms with van der Waals surface area (Å²) >= 11 is 2.96. The lowest BCUT2D eigenvalue weighted by Crippen LogP contribution is -2.32. The second-order valence-electron chi connectivity index (χ2n) is 6.16. The average Bonchev–Trinajstić information content (AvgIpc) is 3.36. The first-order valence-electron chi connectivity index (χ1n) is 8.47. The Morgan fingerprint density at radius 1 is 1.30 bits per heavy atom. The molecule has 1 atom stereocenters. The highest BCUT2D eigenvalue weighted by molar-refractivity contribution is 7.99. The van der Waals surface area contributed by atoms with Crippen molar-refractivity contribution in [2.24, 2.45) is 5.92 Å². The Morgan fingerprint density at radius 3 is 2.70 bits per heavy atom. The van der Waals surface area contributed by atoms with Crippen LogP contribution in [0.3, 0.4) is 0 Å². The molecule has 0 aliphatic rings. The molecule has 142 valence electrons. The Labute approximate surface area is 166 Å². The maximum Gasteiger partial charge on any atom is 0.230 e. The van der Waals surface area contributed by atoms with Gasteiger partial charge in [0, 0.05) is 4.88 Å². The van der Waals surface area contributed by atoms with E-state index < -0.39 is 0 Å². The maximum absolute atomic E-state index is 12.5. The smallest absolute Gasteiger partial charge is 0.230 e. The number of methoxy groups -OCH3 is 1. The van der Waals surface area contributed by atoms with Crippen molar-refractivity contribution < 1.29 is 9.53 Å². The second kappa shape index (κ2) is 9.01. The third-order valence-electron chi connectivity index (χ3n) is 3.92. The number of tetrazole rings is 1. The molecule has 0 bridgehead atoms. The van der Waals surface area contributed by atoms with Crippen LogP contribution in [0.15, 0.2) is 46.9 Å². The molecule has 3 aromatic rings. The number of thioether (sulfide) groups is 1. The number of carbonyl (C=O) groups is 1. The molecule has 0 fully saturated rings. The zero-order valence-electron chi connectivity index (χ0n) is 15.3. The minimum absolute atomic E-state index is 0.00989. The van der Waals surface area contributed by atoms with E-state index in [0.29, 0.717) is 11.1 Å². The van der Waals surface area contributed by atoms with Gasteiger partial charge in [0.05, 0.1) is 24.6 Å². The predicted molar refractivity (Wildman–Crippen MR) is 106 cm³/mol. The monoisotopic (exact) mass is 403 g/mol. The van der Waals surface area contributed by atoms with E-state index in [1.165, 1.54) is 11.8 Å². The van der Waals surface area contributed by atoms with Crippen LogP contribution in [0.1, 0.15) is 24.8 Å². The highest BCUT2D eigenvalue weighted by Gasteiger charge is 2.20. The van der Waals surface area contributed by atoms with Gasteiger partial charge < -0.3 is 10.1 Å². The van der Waals surface area contributed by atoms with Crippen LogP contribution in [0.5, 0.6) is 5.75 Å². The number of carbonyl (C=O) groups excluding carboxylic acids is 1. The summed E-state index contributed by atoms with van der Waals surface area (Å²) in [5.41, 5.74) is 0.808. The van der Waals surface area contributed by atoms with Crippen molar-refractivity contribution in [2.75, 3.05) is 12.9 Å². The lowest BCUT2D eigenvalue weighted by molar-refractivity contribution is -0.119. The molecular weight excluding hydrogens is 382 g/mol. The van der Waals surface area contributed by atoms with Crippen LogP contribution in [-0.4, -0.2) is 39.0 Å². The van der Waals surface area contributed by atoms with Crippen LogP contribution in [0.4, 0.5) is 0 Å². The molecule has 0 saturated heterocycles. The Morgan fingerprint density at radius 2 is 2.07 bits per heavy atom. The van der Waals surface area contributed by atoms with E-state index in [1.54, 1.807) is 23.1 Å². The van der Waals surface area contributed by atoms with Gasteiger partial charge >= 0.3 is 0 Å². The molecule has 0 aliphatic heterocycles. The van der Waals surface area contributed by atoms with Gasteiger partial charge in [0.15, 0.2) is 0 Å². The Hall–Kier alpha value is -2.39. The Bertz CT molecular complexity index is 862. The summed E-state index contributed by atoms with van der Waals surface area (Å²) in [6, 6.07) is 11.5. The number of hydrogen-bond donors (Lipinski definition) is 1. The molecule has 2 heterocycles. The fourth-order valence-electron chi connectivity index (χ4n) is 2.53. The van der Waals surface area contributed by atoms with Gasteiger partial charge in [-0.2, -0.15) is 4.68 Å². The van der Waals surface area contributed by atoms with E-state index >= 15 is 0 Å². The number of amides is 1. The third kappa shape index (κ3) is 4.86. The van der Waals surface area contributed by atoms with Gasteiger partial charge in [-0.3, -0.25) is 4.79 Å². The zero-order chi connectivity index (χ0) is 19.2. The Balaban J connectivity index is 1.63. The van der Waals surface area contributed by atoms with Crippen LogP contribution in [0.25, 0.3) is 5.69 Å². The van der Waals surface area contributed by atoms with Crippen LogP contribution < -0.4 is 10.1 Å². The third-order valence-corrected chi connectivity index (χ3v) is 5.80. The van der Waals surface area contributed by atoms with Crippen LogP contribution in [0.2, 0.25) is 0 Å². The molecule has 0 radical (unpaired) electrons. The second-order valence-corrected chi connectivity index (χ2v) is 8.09. The molecule has 1 unspecified atom stereocenters. The quantitative estimate of drug-likeness (QED) is 0.581. The Kier molecular flexibility index (Phi) is 6.46. The summed E-state index contributed by atoms with van der Waals surface area (Å²) in [6.07, 6.45) is 0. The van der Waals surface area contributed by atoms with Gasteiger partial charge in [-0.05, 0) is 52.1 Å². The molecule has 27 heavy (non-hydrogen) atoms. The van der Waals surface area contributed by atoms with Crippen molar-refractivity contribution in [3.8, 4) is 11.4 Å². The van der Waals surface area contributed by atoms with Gasteiger partial charge in [0.2, 0.25) is 11.1 Å². The molecule has 0 aliphatic carbocycles. The van der Waals surface area contributed by atoms with Crippen LogP contribution in [0, 0.1) is 5.92 Å². The number of benzene rings is 1. The summed E-state index contributed by atoms with van der Waals surface area (Å²) in [5, 5.41) is 17.5. The van der Waals surface area contributed by atoms with E-state index in [9.17, 15) is 4.79 Å². The number of hydrogen-bond acceptors (Lipinski definition) is 7. The van der Waals surface area contributed by atoms with Crippen LogP contribution in [-0.2, 0) is 4.79 Å². The first-order chi connectivity index (χ1) is 13.1. The topological polar surface area (TPSA) is 81.9 Å². The van der Waals surface area contributed by atoms with E-state index in [2.05, 4.69) is 34.7 Å². The van der Waals surface area contributed by atoms with Gasteiger partial charge in [0.1, 0.15) is 5.75 Å². The van der Waals surface area contributed by atoms with Crippen molar-refractivity contribution in [3.63, 3.8) is 0 Å². The largest absolute Gasteiger partial charge is 0.497 e. The van der Waals surface area contributed by atoms with Crippen molar-refractivity contribution in [2.45, 2.75) is 25.0 Å². The number of thiophene rings is 1. The van der Waals surface area contributed by atoms with Crippen molar-refractivity contribution in [1.82, 2.24) is 25.5 Å². The predicted octanol–water partition coefficient (Wildman–Crippen LogP) is 3.34. The summed E-state index contributed by atoms with van der Waals surface area (Å²) in [5.74, 6) is 1.26. The molecule has 2 aromatic heterocycles. The highest BCUT2D eigenvalue weighted by Crippen LogP contribution is 2.26. The minimum atomic E-state index is -0.0450. The first kappa shape index (κ1) is 19.4. The van der Waals surface area contributed by atoms with Crippen LogP contribution >= 0.6 is 23.1 Å². The molecule has 1 N–H and O–H groups in total. The van der Waals surface area contributed by atoms with E-state index in [4.69, 9.17) is 4.74 Å². The molecule has 3 rings (SSSR count). The molecule has 0 saturated carbocycles. The van der Waals surface area contributed by atoms with E-state index in [0.717, 1.165) is 16.3 Å². The summed E-state index contributed by atoms with van der Waals surface area (Å²) < 4.78 is 6.77. The summed E-state index contributed by atoms with van der Waals surface area (Å²) in [7, 11) is 1.62. The van der Waals surface area contributed by atoms with Gasteiger partial charge in [-0.1, -0.05) is 31.7 Å². The maximum atomic E-state index is 12.5. The number of aromatic nitrogens is 4. The molecule has 1 aromatic carbocycles. The molecule has 9 heteroatoms.